The van der Waals surface area contributed by atoms with Crippen LogP contribution in [0.5, 0.6) is 5.75 Å². The van der Waals surface area contributed by atoms with E-state index in [0.717, 1.165) is 6.07 Å². The van der Waals surface area contributed by atoms with Gasteiger partial charge in [-0.2, -0.15) is 4.39 Å². The number of ketones is 1. The van der Waals surface area contributed by atoms with E-state index in [1.54, 1.807) is 6.92 Å². The Morgan fingerprint density at radius 2 is 2.12 bits per heavy atom. The van der Waals surface area contributed by atoms with Crippen LogP contribution in [-0.2, 0) is 4.79 Å². The van der Waals surface area contributed by atoms with E-state index in [9.17, 15) is 13.6 Å². The molecule has 1 unspecified atom stereocenters. The Labute approximate surface area is 93.2 Å². The van der Waals surface area contributed by atoms with Gasteiger partial charge in [0, 0.05) is 5.92 Å². The molecule has 4 heteroatoms. The highest BCUT2D eigenvalue weighted by Crippen LogP contribution is 2.19. The van der Waals surface area contributed by atoms with Gasteiger partial charge >= 0.3 is 0 Å². The second-order valence-electron chi connectivity index (χ2n) is 3.62. The topological polar surface area (TPSA) is 26.3 Å². The first kappa shape index (κ1) is 12.6. The van der Waals surface area contributed by atoms with E-state index in [1.807, 2.05) is 6.92 Å². The number of carbonyl (C=O) groups excluding carboxylic acids is 1. The molecule has 0 N–H and O–H groups in total. The highest BCUT2D eigenvalue weighted by atomic mass is 19.2. The number of hydrogen-bond donors (Lipinski definition) is 0. The minimum atomic E-state index is -1.06. The van der Waals surface area contributed by atoms with Crippen molar-refractivity contribution in [3.8, 4) is 5.75 Å². The summed E-state index contributed by atoms with van der Waals surface area (Å²) in [7, 11) is 0. The Kier molecular flexibility index (Phi) is 4.40. The van der Waals surface area contributed by atoms with Crippen LogP contribution in [0.4, 0.5) is 8.78 Å². The normalized spacial score (nSPS) is 12.2. The van der Waals surface area contributed by atoms with Crippen molar-refractivity contribution in [3.63, 3.8) is 0 Å². The Hall–Kier alpha value is -1.45. The van der Waals surface area contributed by atoms with Gasteiger partial charge < -0.3 is 4.74 Å². The third kappa shape index (κ3) is 3.02. The van der Waals surface area contributed by atoms with E-state index in [0.29, 0.717) is 6.42 Å². The summed E-state index contributed by atoms with van der Waals surface area (Å²) in [6.07, 6.45) is 0.702. The summed E-state index contributed by atoms with van der Waals surface area (Å²) < 4.78 is 30.9. The van der Waals surface area contributed by atoms with Gasteiger partial charge in [-0.3, -0.25) is 4.79 Å². The van der Waals surface area contributed by atoms with E-state index in [-0.39, 0.29) is 24.1 Å². The predicted molar refractivity (Wildman–Crippen MR) is 56.3 cm³/mol. The van der Waals surface area contributed by atoms with Crippen LogP contribution < -0.4 is 4.74 Å². The first-order chi connectivity index (χ1) is 7.56. The Morgan fingerprint density at radius 3 is 2.75 bits per heavy atom. The lowest BCUT2D eigenvalue weighted by atomic mass is 10.1. The second kappa shape index (κ2) is 5.58. The number of carbonyl (C=O) groups is 1. The number of halogens is 2. The van der Waals surface area contributed by atoms with Gasteiger partial charge in [0.1, 0.15) is 6.61 Å². The van der Waals surface area contributed by atoms with Crippen molar-refractivity contribution >= 4 is 5.78 Å². The number of hydrogen-bond acceptors (Lipinski definition) is 2. The molecular formula is C12H14F2O2. The fraction of sp³-hybridized carbons (Fsp3) is 0.417. The molecule has 0 aliphatic carbocycles. The molecule has 1 aromatic rings. The van der Waals surface area contributed by atoms with Gasteiger partial charge in [0.2, 0.25) is 5.82 Å². The van der Waals surface area contributed by atoms with Crippen LogP contribution in [0.15, 0.2) is 18.2 Å². The molecule has 1 aromatic carbocycles. The Bertz CT molecular complexity index is 377. The van der Waals surface area contributed by atoms with Gasteiger partial charge in [0.05, 0.1) is 0 Å². The molecule has 0 saturated carbocycles. The molecule has 0 spiro atoms. The summed E-state index contributed by atoms with van der Waals surface area (Å²) >= 11 is 0. The average molecular weight is 228 g/mol. The molecule has 0 fully saturated rings. The van der Waals surface area contributed by atoms with Crippen molar-refractivity contribution in [3.05, 3.63) is 29.8 Å². The minimum Gasteiger partial charge on any atom is -0.483 e. The van der Waals surface area contributed by atoms with E-state index in [2.05, 4.69) is 0 Å². The first-order valence-corrected chi connectivity index (χ1v) is 5.15. The Balaban J connectivity index is 2.61. The molecule has 0 amide bonds. The summed E-state index contributed by atoms with van der Waals surface area (Å²) in [5.74, 6) is -2.51. The molecule has 0 aliphatic heterocycles. The van der Waals surface area contributed by atoms with Crippen molar-refractivity contribution < 1.29 is 18.3 Å². The zero-order valence-electron chi connectivity index (χ0n) is 9.30. The maximum absolute atomic E-state index is 13.1. The highest BCUT2D eigenvalue weighted by molar-refractivity contribution is 5.82. The van der Waals surface area contributed by atoms with E-state index in [1.165, 1.54) is 12.1 Å². The number of Topliss-reactive ketones (excluding diaryl/α,β-unsaturated/α-hetero) is 1. The van der Waals surface area contributed by atoms with Crippen molar-refractivity contribution in [2.45, 2.75) is 20.3 Å². The third-order valence-electron chi connectivity index (χ3n) is 2.45. The largest absolute Gasteiger partial charge is 0.483 e. The molecular weight excluding hydrogens is 214 g/mol. The molecule has 0 bridgehead atoms. The van der Waals surface area contributed by atoms with Gasteiger partial charge in [-0.25, -0.2) is 4.39 Å². The zero-order valence-corrected chi connectivity index (χ0v) is 9.30. The number of rotatable bonds is 5. The summed E-state index contributed by atoms with van der Waals surface area (Å²) in [5, 5.41) is 0. The van der Waals surface area contributed by atoms with Crippen molar-refractivity contribution in [2.75, 3.05) is 6.61 Å². The zero-order chi connectivity index (χ0) is 12.1. The van der Waals surface area contributed by atoms with Crippen LogP contribution in [-0.4, -0.2) is 12.4 Å². The van der Waals surface area contributed by atoms with Crippen LogP contribution in [0.25, 0.3) is 0 Å². The molecule has 1 rings (SSSR count). The number of ether oxygens (including phenoxy) is 1. The van der Waals surface area contributed by atoms with E-state index >= 15 is 0 Å². The molecule has 1 atom stereocenters. The minimum absolute atomic E-state index is 0.119. The Morgan fingerprint density at radius 1 is 1.44 bits per heavy atom. The monoisotopic (exact) mass is 228 g/mol. The van der Waals surface area contributed by atoms with Crippen molar-refractivity contribution in [1.82, 2.24) is 0 Å². The lowest BCUT2D eigenvalue weighted by Crippen LogP contribution is -2.19. The summed E-state index contributed by atoms with van der Waals surface area (Å²) in [6.45, 7) is 3.42. The van der Waals surface area contributed by atoms with Crippen LogP contribution in [0.3, 0.4) is 0 Å². The van der Waals surface area contributed by atoms with Crippen LogP contribution in [0.2, 0.25) is 0 Å². The van der Waals surface area contributed by atoms with Crippen LogP contribution >= 0.6 is 0 Å². The quantitative estimate of drug-likeness (QED) is 0.774. The molecule has 0 aromatic heterocycles. The standard InChI is InChI=1S/C12H14F2O2/c1-3-8(2)10(15)7-16-11-6-4-5-9(13)12(11)14/h4-6,8H,3,7H2,1-2H3. The van der Waals surface area contributed by atoms with Crippen molar-refractivity contribution in [1.29, 1.82) is 0 Å². The number of benzene rings is 1. The maximum atomic E-state index is 13.1. The highest BCUT2D eigenvalue weighted by Gasteiger charge is 2.14. The molecule has 0 heterocycles. The van der Waals surface area contributed by atoms with Gasteiger partial charge in [-0.1, -0.05) is 19.9 Å². The third-order valence-corrected chi connectivity index (χ3v) is 2.45. The van der Waals surface area contributed by atoms with E-state index < -0.39 is 11.6 Å². The molecule has 0 saturated heterocycles. The van der Waals surface area contributed by atoms with Crippen LogP contribution in [0.1, 0.15) is 20.3 Å². The van der Waals surface area contributed by atoms with Gasteiger partial charge in [0.25, 0.3) is 0 Å². The molecule has 2 nitrogen and oxygen atoms in total. The first-order valence-electron chi connectivity index (χ1n) is 5.15. The molecule has 0 aliphatic rings. The summed E-state index contributed by atoms with van der Waals surface area (Å²) in [6, 6.07) is 3.63. The lowest BCUT2D eigenvalue weighted by molar-refractivity contribution is -0.124. The smallest absolute Gasteiger partial charge is 0.200 e. The lowest BCUT2D eigenvalue weighted by Gasteiger charge is -2.09. The maximum Gasteiger partial charge on any atom is 0.200 e. The fourth-order valence-electron chi connectivity index (χ4n) is 1.11. The molecule has 0 radical (unpaired) electrons. The van der Waals surface area contributed by atoms with Crippen molar-refractivity contribution in [2.24, 2.45) is 5.92 Å². The summed E-state index contributed by atoms with van der Waals surface area (Å²) in [5.41, 5.74) is 0. The molecule has 88 valence electrons. The molecule has 16 heavy (non-hydrogen) atoms. The van der Waals surface area contributed by atoms with Gasteiger partial charge in [-0.15, -0.1) is 0 Å². The van der Waals surface area contributed by atoms with E-state index in [4.69, 9.17) is 4.74 Å². The second-order valence-corrected chi connectivity index (χ2v) is 3.62. The fourth-order valence-corrected chi connectivity index (χ4v) is 1.11. The van der Waals surface area contributed by atoms with Gasteiger partial charge in [0.15, 0.2) is 17.3 Å². The summed E-state index contributed by atoms with van der Waals surface area (Å²) in [4.78, 5) is 11.4. The average Bonchev–Trinajstić information content (AvgIpc) is 2.29. The predicted octanol–water partition coefficient (Wildman–Crippen LogP) is 2.96. The van der Waals surface area contributed by atoms with Crippen LogP contribution in [0, 0.1) is 17.6 Å². The van der Waals surface area contributed by atoms with Gasteiger partial charge in [-0.05, 0) is 18.6 Å². The SMILES string of the molecule is CCC(C)C(=O)COc1cccc(F)c1F.